The molecular formula is C21H26N2O4. The van der Waals surface area contributed by atoms with Crippen LogP contribution in [0.1, 0.15) is 31.5 Å². The Labute approximate surface area is 160 Å². The zero-order valence-corrected chi connectivity index (χ0v) is 15.9. The van der Waals surface area contributed by atoms with E-state index >= 15 is 0 Å². The van der Waals surface area contributed by atoms with Gasteiger partial charge in [0, 0.05) is 12.7 Å². The number of hydrogen-bond donors (Lipinski definition) is 0. The molecule has 0 spiro atoms. The first-order valence-electron chi connectivity index (χ1n) is 9.17. The molecule has 0 aliphatic heterocycles. The topological polar surface area (TPSA) is 68.7 Å². The van der Waals surface area contributed by atoms with Crippen molar-refractivity contribution < 1.29 is 19.1 Å². The maximum atomic E-state index is 12.6. The van der Waals surface area contributed by atoms with Gasteiger partial charge in [-0.15, -0.1) is 0 Å². The van der Waals surface area contributed by atoms with Crippen LogP contribution in [0.25, 0.3) is 0 Å². The fourth-order valence-electron chi connectivity index (χ4n) is 2.50. The van der Waals surface area contributed by atoms with Crippen molar-refractivity contribution >= 4 is 11.9 Å². The van der Waals surface area contributed by atoms with Crippen LogP contribution in [-0.2, 0) is 27.3 Å². The number of benzene rings is 1. The third kappa shape index (κ3) is 7.09. The van der Waals surface area contributed by atoms with E-state index in [0.717, 1.165) is 12.1 Å². The van der Waals surface area contributed by atoms with E-state index in [0.29, 0.717) is 18.9 Å². The Balaban J connectivity index is 1.96. The first-order valence-corrected chi connectivity index (χ1v) is 9.17. The van der Waals surface area contributed by atoms with Gasteiger partial charge < -0.3 is 14.4 Å². The van der Waals surface area contributed by atoms with Crippen molar-refractivity contribution in [3.8, 4) is 5.75 Å². The molecule has 1 aromatic heterocycles. The highest BCUT2D eigenvalue weighted by molar-refractivity contribution is 5.78. The van der Waals surface area contributed by atoms with E-state index in [2.05, 4.69) is 11.9 Å². The van der Waals surface area contributed by atoms with E-state index < -0.39 is 0 Å². The van der Waals surface area contributed by atoms with Crippen molar-refractivity contribution in [2.45, 2.75) is 33.2 Å². The highest BCUT2D eigenvalue weighted by Crippen LogP contribution is 2.13. The largest absolute Gasteiger partial charge is 0.484 e. The fourth-order valence-corrected chi connectivity index (χ4v) is 2.50. The molecule has 27 heavy (non-hydrogen) atoms. The van der Waals surface area contributed by atoms with E-state index in [-0.39, 0.29) is 31.4 Å². The van der Waals surface area contributed by atoms with Crippen LogP contribution in [0.4, 0.5) is 0 Å². The van der Waals surface area contributed by atoms with Gasteiger partial charge >= 0.3 is 5.97 Å². The van der Waals surface area contributed by atoms with Gasteiger partial charge in [0.2, 0.25) is 0 Å². The number of ether oxygens (including phenoxy) is 2. The molecule has 0 unspecified atom stereocenters. The number of rotatable bonds is 10. The molecule has 0 N–H and O–H groups in total. The Bertz CT molecular complexity index is 717. The molecule has 0 radical (unpaired) electrons. The molecule has 2 aromatic rings. The summed E-state index contributed by atoms with van der Waals surface area (Å²) in [7, 11) is 0. The summed E-state index contributed by atoms with van der Waals surface area (Å²) in [5.74, 6) is 0.112. The van der Waals surface area contributed by atoms with Crippen LogP contribution in [0.5, 0.6) is 5.75 Å². The number of pyridine rings is 1. The monoisotopic (exact) mass is 370 g/mol. The van der Waals surface area contributed by atoms with Crippen LogP contribution in [0.15, 0.2) is 48.7 Å². The van der Waals surface area contributed by atoms with Crippen molar-refractivity contribution in [2.75, 3.05) is 19.8 Å². The summed E-state index contributed by atoms with van der Waals surface area (Å²) < 4.78 is 10.6. The normalized spacial score (nSPS) is 10.3. The summed E-state index contributed by atoms with van der Waals surface area (Å²) >= 11 is 0. The third-order valence-corrected chi connectivity index (χ3v) is 4.02. The lowest BCUT2D eigenvalue weighted by Gasteiger charge is -2.22. The first kappa shape index (κ1) is 20.4. The fraction of sp³-hybridized carbons (Fsp3) is 0.381. The quantitative estimate of drug-likeness (QED) is 0.602. The molecule has 0 atom stereocenters. The van der Waals surface area contributed by atoms with Gasteiger partial charge in [-0.2, -0.15) is 0 Å². The Morgan fingerprint density at radius 3 is 2.48 bits per heavy atom. The number of hydrogen-bond acceptors (Lipinski definition) is 5. The molecule has 0 saturated carbocycles. The first-order chi connectivity index (χ1) is 13.1. The van der Waals surface area contributed by atoms with Crippen molar-refractivity contribution in [3.05, 3.63) is 59.9 Å². The second kappa shape index (κ2) is 11.0. The maximum absolute atomic E-state index is 12.6. The van der Waals surface area contributed by atoms with E-state index in [1.165, 1.54) is 5.56 Å². The summed E-state index contributed by atoms with van der Waals surface area (Å²) in [6.07, 6.45) is 2.76. The number of esters is 1. The molecule has 2 rings (SSSR count). The molecule has 144 valence electrons. The second-order valence-electron chi connectivity index (χ2n) is 5.98. The molecule has 6 heteroatoms. The third-order valence-electron chi connectivity index (χ3n) is 4.02. The van der Waals surface area contributed by atoms with E-state index in [4.69, 9.17) is 9.47 Å². The predicted octanol–water partition coefficient (Wildman–Crippen LogP) is 3.00. The predicted molar refractivity (Wildman–Crippen MR) is 102 cm³/mol. The van der Waals surface area contributed by atoms with Crippen LogP contribution in [-0.4, -0.2) is 41.5 Å². The lowest BCUT2D eigenvalue weighted by atomic mass is 10.2. The highest BCUT2D eigenvalue weighted by Gasteiger charge is 2.17. The molecule has 6 nitrogen and oxygen atoms in total. The van der Waals surface area contributed by atoms with Gasteiger partial charge in [-0.25, -0.2) is 0 Å². The molecule has 0 saturated heterocycles. The van der Waals surface area contributed by atoms with Crippen molar-refractivity contribution in [2.24, 2.45) is 0 Å². The summed E-state index contributed by atoms with van der Waals surface area (Å²) in [5.41, 5.74) is 1.96. The smallest absolute Gasteiger partial charge is 0.307 e. The van der Waals surface area contributed by atoms with Gasteiger partial charge in [0.1, 0.15) is 5.75 Å². The van der Waals surface area contributed by atoms with Crippen molar-refractivity contribution in [1.82, 2.24) is 9.88 Å². The molecule has 1 aromatic carbocycles. The Kier molecular flexibility index (Phi) is 8.29. The molecule has 1 amide bonds. The van der Waals surface area contributed by atoms with E-state index in [9.17, 15) is 9.59 Å². The van der Waals surface area contributed by atoms with Crippen LogP contribution in [0.2, 0.25) is 0 Å². The van der Waals surface area contributed by atoms with Gasteiger partial charge in [-0.05, 0) is 43.2 Å². The number of aryl methyl sites for hydroxylation is 1. The van der Waals surface area contributed by atoms with Crippen molar-refractivity contribution in [1.29, 1.82) is 0 Å². The molecule has 1 heterocycles. The summed E-state index contributed by atoms with van der Waals surface area (Å²) in [6.45, 7) is 4.64. The lowest BCUT2D eigenvalue weighted by molar-refractivity contribution is -0.144. The van der Waals surface area contributed by atoms with E-state index in [1.807, 2.05) is 42.5 Å². The molecule has 0 aliphatic carbocycles. The van der Waals surface area contributed by atoms with Gasteiger partial charge in [-0.3, -0.25) is 14.6 Å². The lowest BCUT2D eigenvalue weighted by Crippen LogP contribution is -2.36. The van der Waals surface area contributed by atoms with Gasteiger partial charge in [0.05, 0.1) is 25.3 Å². The number of nitrogens with zero attached hydrogens (tertiary/aromatic N) is 2. The highest BCUT2D eigenvalue weighted by atomic mass is 16.5. The molecule has 0 bridgehead atoms. The Morgan fingerprint density at radius 1 is 1.07 bits per heavy atom. The summed E-state index contributed by atoms with van der Waals surface area (Å²) in [5, 5.41) is 0. The van der Waals surface area contributed by atoms with Gasteiger partial charge in [-0.1, -0.05) is 25.1 Å². The van der Waals surface area contributed by atoms with Crippen LogP contribution in [0.3, 0.4) is 0 Å². The summed E-state index contributed by atoms with van der Waals surface area (Å²) in [6, 6.07) is 13.2. The average molecular weight is 370 g/mol. The van der Waals surface area contributed by atoms with Gasteiger partial charge in [0.15, 0.2) is 6.61 Å². The van der Waals surface area contributed by atoms with Crippen LogP contribution in [0, 0.1) is 0 Å². The average Bonchev–Trinajstić information content (AvgIpc) is 2.70. The number of carbonyl (C=O) groups is 2. The zero-order chi connectivity index (χ0) is 19.5. The van der Waals surface area contributed by atoms with Crippen LogP contribution >= 0.6 is 0 Å². The molecule has 0 fully saturated rings. The summed E-state index contributed by atoms with van der Waals surface area (Å²) in [4.78, 5) is 30.1. The minimum atomic E-state index is -0.326. The van der Waals surface area contributed by atoms with Crippen molar-refractivity contribution in [3.63, 3.8) is 0 Å². The SMILES string of the molecule is CCOC(=O)CCN(Cc1ccccn1)C(=O)COc1ccc(CC)cc1. The minimum absolute atomic E-state index is 0.0961. The zero-order valence-electron chi connectivity index (χ0n) is 15.9. The number of carbonyl (C=O) groups excluding carboxylic acids is 2. The van der Waals surface area contributed by atoms with Gasteiger partial charge in [0.25, 0.3) is 5.91 Å². The minimum Gasteiger partial charge on any atom is -0.484 e. The van der Waals surface area contributed by atoms with E-state index in [1.54, 1.807) is 18.0 Å². The number of amides is 1. The maximum Gasteiger partial charge on any atom is 0.307 e. The number of aromatic nitrogens is 1. The Hall–Kier alpha value is -2.89. The molecular weight excluding hydrogens is 344 g/mol. The second-order valence-corrected chi connectivity index (χ2v) is 5.98. The van der Waals surface area contributed by atoms with Crippen LogP contribution < -0.4 is 4.74 Å². The standard InChI is InChI=1S/C21H26N2O4/c1-3-17-8-10-19(11-9-17)27-16-20(24)23(14-12-21(25)26-4-2)15-18-7-5-6-13-22-18/h5-11,13H,3-4,12,14-16H2,1-2H3. The molecule has 0 aliphatic rings. The Morgan fingerprint density at radius 2 is 1.85 bits per heavy atom.